The average Bonchev–Trinajstić information content (AvgIpc) is 2.62. The second kappa shape index (κ2) is 4.66. The monoisotopic (exact) mass is 361 g/mol. The van der Waals surface area contributed by atoms with E-state index in [1.807, 2.05) is 0 Å². The molecule has 88 valence electrons. The topological polar surface area (TPSA) is 47.8 Å². The van der Waals surface area contributed by atoms with Gasteiger partial charge in [-0.3, -0.25) is 4.79 Å². The van der Waals surface area contributed by atoms with Crippen LogP contribution in [0.4, 0.5) is 4.39 Å². The molecule has 0 saturated carbocycles. The highest BCUT2D eigenvalue weighted by Crippen LogP contribution is 2.20. The molecule has 0 aliphatic heterocycles. The lowest BCUT2D eigenvalue weighted by Gasteiger charge is -2.02. The minimum absolute atomic E-state index is 0.247. The van der Waals surface area contributed by atoms with E-state index in [0.29, 0.717) is 9.08 Å². The molecule has 0 amide bonds. The van der Waals surface area contributed by atoms with Crippen molar-refractivity contribution in [1.82, 2.24) is 15.0 Å². The highest BCUT2D eigenvalue weighted by molar-refractivity contribution is 9.10. The number of hydrogen-bond donors (Lipinski definition) is 0. The summed E-state index contributed by atoms with van der Waals surface area (Å²) in [6.45, 7) is 0. The van der Waals surface area contributed by atoms with Crippen molar-refractivity contribution >= 4 is 37.6 Å². The summed E-state index contributed by atoms with van der Waals surface area (Å²) >= 11 is 6.16. The van der Waals surface area contributed by atoms with E-state index in [-0.39, 0.29) is 17.0 Å². The Kier molecular flexibility index (Phi) is 3.39. The third kappa shape index (κ3) is 2.30. The van der Waals surface area contributed by atoms with Crippen molar-refractivity contribution in [3.8, 4) is 0 Å². The molecule has 1 aromatic carbocycles. The molecule has 0 fully saturated rings. The predicted octanol–water partition coefficient (Wildman–Crippen LogP) is 2.71. The zero-order chi connectivity index (χ0) is 12.6. The van der Waals surface area contributed by atoms with Crippen LogP contribution in [0.2, 0.25) is 0 Å². The first-order valence-electron chi connectivity index (χ1n) is 4.55. The van der Waals surface area contributed by atoms with E-state index in [4.69, 9.17) is 0 Å². The number of nitrogens with zero attached hydrogens (tertiary/aromatic N) is 3. The SMILES string of the molecule is Cn1nnc(Br)c1C(=O)c1ccc(Br)c(F)c1. The van der Waals surface area contributed by atoms with Crippen LogP contribution < -0.4 is 0 Å². The normalized spacial score (nSPS) is 10.6. The van der Waals surface area contributed by atoms with Gasteiger partial charge in [0.25, 0.3) is 0 Å². The number of benzene rings is 1. The van der Waals surface area contributed by atoms with E-state index >= 15 is 0 Å². The Morgan fingerprint density at radius 2 is 2.12 bits per heavy atom. The quantitative estimate of drug-likeness (QED) is 0.772. The number of carbonyl (C=O) groups excluding carboxylic acids is 1. The van der Waals surface area contributed by atoms with Crippen molar-refractivity contribution in [1.29, 1.82) is 0 Å². The molecular formula is C10H6Br2FN3O. The van der Waals surface area contributed by atoms with Crippen LogP contribution in [0.25, 0.3) is 0 Å². The van der Waals surface area contributed by atoms with E-state index in [1.54, 1.807) is 7.05 Å². The minimum atomic E-state index is -0.484. The Hall–Kier alpha value is -1.08. The van der Waals surface area contributed by atoms with Crippen LogP contribution in [0.1, 0.15) is 16.1 Å². The fourth-order valence-corrected chi connectivity index (χ4v) is 2.10. The first-order chi connectivity index (χ1) is 8.00. The third-order valence-corrected chi connectivity index (χ3v) is 3.36. The lowest BCUT2D eigenvalue weighted by atomic mass is 10.1. The van der Waals surface area contributed by atoms with Gasteiger partial charge in [-0.1, -0.05) is 5.21 Å². The van der Waals surface area contributed by atoms with Crippen molar-refractivity contribution in [2.75, 3.05) is 0 Å². The molecule has 2 aromatic rings. The molecule has 7 heteroatoms. The number of halogens is 3. The van der Waals surface area contributed by atoms with Gasteiger partial charge in [0, 0.05) is 12.6 Å². The molecule has 1 aromatic heterocycles. The minimum Gasteiger partial charge on any atom is -0.287 e. The summed E-state index contributed by atoms with van der Waals surface area (Å²) in [6.07, 6.45) is 0. The van der Waals surface area contributed by atoms with Gasteiger partial charge in [0.1, 0.15) is 11.5 Å². The van der Waals surface area contributed by atoms with Gasteiger partial charge in [-0.15, -0.1) is 5.10 Å². The van der Waals surface area contributed by atoms with Gasteiger partial charge in [0.15, 0.2) is 4.60 Å². The van der Waals surface area contributed by atoms with Crippen molar-refractivity contribution < 1.29 is 9.18 Å². The maximum Gasteiger partial charge on any atom is 0.213 e. The molecule has 0 unspecified atom stereocenters. The van der Waals surface area contributed by atoms with Crippen LogP contribution in [-0.2, 0) is 7.05 Å². The molecule has 0 aliphatic rings. The fraction of sp³-hybridized carbons (Fsp3) is 0.100. The Morgan fingerprint density at radius 3 is 2.65 bits per heavy atom. The number of carbonyl (C=O) groups is 1. The van der Waals surface area contributed by atoms with Gasteiger partial charge >= 0.3 is 0 Å². The van der Waals surface area contributed by atoms with Gasteiger partial charge in [0.05, 0.1) is 4.47 Å². The highest BCUT2D eigenvalue weighted by atomic mass is 79.9. The van der Waals surface area contributed by atoms with Gasteiger partial charge < -0.3 is 0 Å². The number of aryl methyl sites for hydroxylation is 1. The second-order valence-corrected chi connectivity index (χ2v) is 4.92. The summed E-state index contributed by atoms with van der Waals surface area (Å²) in [4.78, 5) is 12.1. The highest BCUT2D eigenvalue weighted by Gasteiger charge is 2.19. The largest absolute Gasteiger partial charge is 0.287 e. The maximum absolute atomic E-state index is 13.3. The maximum atomic E-state index is 13.3. The summed E-state index contributed by atoms with van der Waals surface area (Å²) in [6, 6.07) is 4.20. The summed E-state index contributed by atoms with van der Waals surface area (Å²) < 4.78 is 15.3. The molecule has 0 bridgehead atoms. The molecule has 17 heavy (non-hydrogen) atoms. The zero-order valence-corrected chi connectivity index (χ0v) is 11.8. The lowest BCUT2D eigenvalue weighted by Crippen LogP contribution is -2.09. The molecule has 0 aliphatic carbocycles. The summed E-state index contributed by atoms with van der Waals surface area (Å²) in [5, 5.41) is 7.41. The Labute approximate surface area is 113 Å². The van der Waals surface area contributed by atoms with E-state index in [9.17, 15) is 9.18 Å². The number of rotatable bonds is 2. The molecule has 2 rings (SSSR count). The first kappa shape index (κ1) is 12.4. The van der Waals surface area contributed by atoms with Crippen LogP contribution in [-0.4, -0.2) is 20.8 Å². The van der Waals surface area contributed by atoms with E-state index < -0.39 is 5.82 Å². The van der Waals surface area contributed by atoms with Crippen LogP contribution in [0.15, 0.2) is 27.3 Å². The van der Waals surface area contributed by atoms with Crippen molar-refractivity contribution in [3.05, 3.63) is 44.3 Å². The molecule has 0 saturated heterocycles. The average molecular weight is 363 g/mol. The van der Waals surface area contributed by atoms with Crippen LogP contribution >= 0.6 is 31.9 Å². The predicted molar refractivity (Wildman–Crippen MR) is 66.2 cm³/mol. The molecule has 0 spiro atoms. The van der Waals surface area contributed by atoms with Crippen LogP contribution in [0.5, 0.6) is 0 Å². The van der Waals surface area contributed by atoms with Crippen molar-refractivity contribution in [2.24, 2.45) is 7.05 Å². The molecule has 4 nitrogen and oxygen atoms in total. The van der Waals surface area contributed by atoms with Gasteiger partial charge in [0.2, 0.25) is 5.78 Å². The fourth-order valence-electron chi connectivity index (χ4n) is 1.35. The van der Waals surface area contributed by atoms with Gasteiger partial charge in [-0.25, -0.2) is 9.07 Å². The summed E-state index contributed by atoms with van der Waals surface area (Å²) in [5.41, 5.74) is 0.531. The van der Waals surface area contributed by atoms with Crippen LogP contribution in [0.3, 0.4) is 0 Å². The molecular weight excluding hydrogens is 357 g/mol. The Morgan fingerprint density at radius 1 is 1.41 bits per heavy atom. The molecule has 0 radical (unpaired) electrons. The summed E-state index contributed by atoms with van der Waals surface area (Å²) in [7, 11) is 1.60. The number of hydrogen-bond acceptors (Lipinski definition) is 3. The smallest absolute Gasteiger partial charge is 0.213 e. The van der Waals surface area contributed by atoms with Crippen LogP contribution in [0, 0.1) is 5.82 Å². The second-order valence-electron chi connectivity index (χ2n) is 3.31. The first-order valence-corrected chi connectivity index (χ1v) is 6.14. The van der Waals surface area contributed by atoms with E-state index in [1.165, 1.54) is 22.9 Å². The standard InChI is InChI=1S/C10H6Br2FN3O/c1-16-8(10(12)14-15-16)9(17)5-2-3-6(11)7(13)4-5/h2-4H,1H3. The molecule has 1 heterocycles. The van der Waals surface area contributed by atoms with Gasteiger partial charge in [-0.05, 0) is 50.1 Å². The van der Waals surface area contributed by atoms with Crippen molar-refractivity contribution in [2.45, 2.75) is 0 Å². The number of aromatic nitrogens is 3. The zero-order valence-electron chi connectivity index (χ0n) is 8.62. The molecule has 0 N–H and O–H groups in total. The lowest BCUT2D eigenvalue weighted by molar-refractivity contribution is 0.102. The van der Waals surface area contributed by atoms with Gasteiger partial charge in [-0.2, -0.15) is 0 Å². The van der Waals surface area contributed by atoms with Crippen molar-refractivity contribution in [3.63, 3.8) is 0 Å². The van der Waals surface area contributed by atoms with E-state index in [0.717, 1.165) is 0 Å². The third-order valence-electron chi connectivity index (χ3n) is 2.18. The number of ketones is 1. The Balaban J connectivity index is 2.48. The molecule has 0 atom stereocenters. The van der Waals surface area contributed by atoms with E-state index in [2.05, 4.69) is 42.2 Å². The summed E-state index contributed by atoms with van der Waals surface area (Å²) in [5.74, 6) is -0.821. The Bertz CT molecular complexity index is 578.